The lowest BCUT2D eigenvalue weighted by molar-refractivity contribution is -0.137. The largest absolute Gasteiger partial charge is 0.494 e. The molecule has 4 aromatic rings. The molecule has 174 valence electrons. The van der Waals surface area contributed by atoms with Crippen LogP contribution in [0.1, 0.15) is 42.4 Å². The molecule has 0 spiro atoms. The van der Waals surface area contributed by atoms with E-state index in [1.165, 1.54) is 47.0 Å². The van der Waals surface area contributed by atoms with Crippen LogP contribution in [0.2, 0.25) is 0 Å². The van der Waals surface area contributed by atoms with Gasteiger partial charge in [-0.3, -0.25) is 4.79 Å². The van der Waals surface area contributed by atoms with Gasteiger partial charge in [-0.15, -0.1) is 0 Å². The molecule has 1 heterocycles. The summed E-state index contributed by atoms with van der Waals surface area (Å²) in [5.74, 6) is -0.0446. The number of hydrogen-bond acceptors (Lipinski definition) is 3. The Bertz CT molecular complexity index is 1290. The van der Waals surface area contributed by atoms with Crippen molar-refractivity contribution in [2.75, 3.05) is 11.9 Å². The second-order valence-corrected chi connectivity index (χ2v) is 8.94. The first-order valence-corrected chi connectivity index (χ1v) is 12.1. The predicted octanol–water partition coefficient (Wildman–Crippen LogP) is 6.57. The lowest BCUT2D eigenvalue weighted by atomic mass is 9.90. The maximum Gasteiger partial charge on any atom is 0.303 e. The maximum atomic E-state index is 10.6. The number of carbonyl (C=O) groups is 1. The van der Waals surface area contributed by atoms with Crippen molar-refractivity contribution in [1.82, 2.24) is 4.98 Å². The zero-order valence-corrected chi connectivity index (χ0v) is 19.3. The Hall–Kier alpha value is -3.73. The van der Waals surface area contributed by atoms with Crippen molar-refractivity contribution in [1.29, 1.82) is 0 Å². The number of aliphatic carboxylic acids is 1. The zero-order chi connectivity index (χ0) is 23.3. The molecule has 1 aliphatic rings. The monoisotopic (exact) mass is 454 g/mol. The van der Waals surface area contributed by atoms with E-state index in [-0.39, 0.29) is 6.42 Å². The van der Waals surface area contributed by atoms with Gasteiger partial charge >= 0.3 is 5.97 Å². The Balaban J connectivity index is 1.30. The molecule has 3 N–H and O–H groups in total. The Morgan fingerprint density at radius 3 is 2.68 bits per heavy atom. The summed E-state index contributed by atoms with van der Waals surface area (Å²) in [7, 11) is 0. The van der Waals surface area contributed by atoms with Crippen molar-refractivity contribution >= 4 is 22.6 Å². The summed E-state index contributed by atoms with van der Waals surface area (Å²) in [6.07, 6.45) is 5.54. The van der Waals surface area contributed by atoms with Gasteiger partial charge in [0.2, 0.25) is 0 Å². The molecule has 0 saturated heterocycles. The molecular weight excluding hydrogens is 424 g/mol. The average Bonchev–Trinajstić information content (AvgIpc) is 3.31. The summed E-state index contributed by atoms with van der Waals surface area (Å²) in [4.78, 5) is 14.2. The first kappa shape index (κ1) is 22.1. The van der Waals surface area contributed by atoms with Crippen molar-refractivity contribution < 1.29 is 14.6 Å². The normalized spacial score (nSPS) is 12.9. The molecule has 5 heteroatoms. The molecule has 3 aromatic carbocycles. The number of benzene rings is 3. The van der Waals surface area contributed by atoms with Gasteiger partial charge in [-0.2, -0.15) is 0 Å². The van der Waals surface area contributed by atoms with E-state index < -0.39 is 5.97 Å². The summed E-state index contributed by atoms with van der Waals surface area (Å²) in [5, 5.41) is 13.7. The van der Waals surface area contributed by atoms with Crippen LogP contribution in [0.15, 0.2) is 66.7 Å². The van der Waals surface area contributed by atoms with Gasteiger partial charge in [-0.25, -0.2) is 0 Å². The molecule has 0 unspecified atom stereocenters. The van der Waals surface area contributed by atoms with Gasteiger partial charge in [0.05, 0.1) is 6.61 Å². The molecule has 0 bridgehead atoms. The fourth-order valence-corrected chi connectivity index (χ4v) is 4.81. The van der Waals surface area contributed by atoms with Crippen molar-refractivity contribution in [3.05, 3.63) is 83.4 Å². The summed E-state index contributed by atoms with van der Waals surface area (Å²) in [5.41, 5.74) is 8.80. The molecule has 5 rings (SSSR count). The molecule has 0 fully saturated rings. The highest BCUT2D eigenvalue weighted by atomic mass is 16.5. The third-order valence-corrected chi connectivity index (χ3v) is 6.59. The Labute approximate surface area is 199 Å². The topological polar surface area (TPSA) is 74.3 Å². The molecule has 0 radical (unpaired) electrons. The molecule has 0 aliphatic heterocycles. The van der Waals surface area contributed by atoms with Crippen LogP contribution in [0, 0.1) is 0 Å². The quantitative estimate of drug-likeness (QED) is 0.250. The van der Waals surface area contributed by atoms with Gasteiger partial charge < -0.3 is 20.1 Å². The van der Waals surface area contributed by atoms with E-state index in [0.29, 0.717) is 13.0 Å². The number of aromatic amines is 1. The molecule has 0 saturated carbocycles. The van der Waals surface area contributed by atoms with Gasteiger partial charge in [-0.1, -0.05) is 24.3 Å². The van der Waals surface area contributed by atoms with Crippen LogP contribution in [0.4, 0.5) is 5.69 Å². The van der Waals surface area contributed by atoms with E-state index in [2.05, 4.69) is 52.8 Å². The number of anilines is 1. The van der Waals surface area contributed by atoms with Crippen LogP contribution in [-0.2, 0) is 24.2 Å². The van der Waals surface area contributed by atoms with Crippen LogP contribution in [0.25, 0.3) is 22.2 Å². The third kappa shape index (κ3) is 4.93. The van der Waals surface area contributed by atoms with Gasteiger partial charge in [0.1, 0.15) is 5.75 Å². The molecule has 5 nitrogen and oxygen atoms in total. The summed E-state index contributed by atoms with van der Waals surface area (Å²) in [6.45, 7) is 1.19. The number of aromatic nitrogens is 1. The Kier molecular flexibility index (Phi) is 6.52. The van der Waals surface area contributed by atoms with Gasteiger partial charge in [0, 0.05) is 35.2 Å². The standard InChI is InChI=1S/C29H30N2O3/c32-29(33)12-5-17-34-23-15-13-21(14-16-23)28-18-25-22(8-4-11-27(25)31-28)19-30-26-10-3-7-20-6-1-2-9-24(20)26/h3-4,7-8,10-11,13-16,18,30-31H,1-2,5-6,9,12,17,19H2,(H,32,33). The fourth-order valence-electron chi connectivity index (χ4n) is 4.81. The fraction of sp³-hybridized carbons (Fsp3) is 0.276. The minimum absolute atomic E-state index is 0.122. The van der Waals surface area contributed by atoms with Crippen molar-refractivity contribution in [3.8, 4) is 17.0 Å². The van der Waals surface area contributed by atoms with Crippen LogP contribution in [0.3, 0.4) is 0 Å². The van der Waals surface area contributed by atoms with Gasteiger partial charge in [0.25, 0.3) is 0 Å². The molecular formula is C29H30N2O3. The number of nitrogens with one attached hydrogen (secondary N) is 2. The van der Waals surface area contributed by atoms with Crippen molar-refractivity contribution in [3.63, 3.8) is 0 Å². The predicted molar refractivity (Wildman–Crippen MR) is 137 cm³/mol. The lowest BCUT2D eigenvalue weighted by Crippen LogP contribution is -2.08. The average molecular weight is 455 g/mol. The second kappa shape index (κ2) is 10.0. The number of H-pyrrole nitrogens is 1. The van der Waals surface area contributed by atoms with Gasteiger partial charge in [0.15, 0.2) is 0 Å². The summed E-state index contributed by atoms with van der Waals surface area (Å²) < 4.78 is 5.66. The summed E-state index contributed by atoms with van der Waals surface area (Å²) >= 11 is 0. The SMILES string of the molecule is O=C(O)CCCOc1ccc(-c2cc3c(CNc4cccc5c4CCCC5)cccc3[nH]2)cc1. The number of aryl methyl sites for hydroxylation is 1. The van der Waals surface area contributed by atoms with Crippen molar-refractivity contribution in [2.45, 2.75) is 45.1 Å². The number of hydrogen-bond donors (Lipinski definition) is 3. The third-order valence-electron chi connectivity index (χ3n) is 6.59. The first-order valence-electron chi connectivity index (χ1n) is 12.1. The number of carboxylic acids is 1. The van der Waals surface area contributed by atoms with E-state index in [9.17, 15) is 4.79 Å². The molecule has 1 aromatic heterocycles. The number of ether oxygens (including phenoxy) is 1. The number of carboxylic acid groups (broad SMARTS) is 1. The second-order valence-electron chi connectivity index (χ2n) is 8.94. The minimum atomic E-state index is -0.796. The zero-order valence-electron chi connectivity index (χ0n) is 19.3. The lowest BCUT2D eigenvalue weighted by Gasteiger charge is -2.20. The molecule has 34 heavy (non-hydrogen) atoms. The van der Waals surface area contributed by atoms with E-state index >= 15 is 0 Å². The summed E-state index contributed by atoms with van der Waals surface area (Å²) in [6, 6.07) is 23.2. The van der Waals surface area contributed by atoms with E-state index in [0.717, 1.165) is 35.5 Å². The highest BCUT2D eigenvalue weighted by molar-refractivity contribution is 5.89. The minimum Gasteiger partial charge on any atom is -0.494 e. The molecule has 0 amide bonds. The molecule has 0 atom stereocenters. The highest BCUT2D eigenvalue weighted by Gasteiger charge is 2.13. The van der Waals surface area contributed by atoms with E-state index in [4.69, 9.17) is 9.84 Å². The van der Waals surface area contributed by atoms with E-state index in [1.54, 1.807) is 0 Å². The van der Waals surface area contributed by atoms with Crippen LogP contribution in [-0.4, -0.2) is 22.7 Å². The maximum absolute atomic E-state index is 10.6. The van der Waals surface area contributed by atoms with Crippen LogP contribution in [0.5, 0.6) is 5.75 Å². The number of fused-ring (bicyclic) bond motifs is 2. The van der Waals surface area contributed by atoms with Gasteiger partial charge in [-0.05, 0) is 96.8 Å². The van der Waals surface area contributed by atoms with Crippen LogP contribution < -0.4 is 10.1 Å². The highest BCUT2D eigenvalue weighted by Crippen LogP contribution is 2.31. The number of rotatable bonds is 9. The molecule has 1 aliphatic carbocycles. The Morgan fingerprint density at radius 1 is 1.00 bits per heavy atom. The first-order chi connectivity index (χ1) is 16.7. The van der Waals surface area contributed by atoms with Crippen molar-refractivity contribution in [2.24, 2.45) is 0 Å². The Morgan fingerprint density at radius 2 is 1.82 bits per heavy atom. The van der Waals surface area contributed by atoms with Crippen LogP contribution >= 0.6 is 0 Å². The van der Waals surface area contributed by atoms with E-state index in [1.807, 2.05) is 24.3 Å². The smallest absolute Gasteiger partial charge is 0.303 e.